The summed E-state index contributed by atoms with van der Waals surface area (Å²) in [7, 11) is 0. The van der Waals surface area contributed by atoms with Crippen LogP contribution in [0.5, 0.6) is 0 Å². The van der Waals surface area contributed by atoms with Crippen molar-refractivity contribution >= 4 is 23.8 Å². The molecule has 2 aromatic heterocycles. The molecule has 3 aromatic rings. The summed E-state index contributed by atoms with van der Waals surface area (Å²) < 4.78 is 1.58. The first-order valence-electron chi connectivity index (χ1n) is 6.10. The van der Waals surface area contributed by atoms with Gasteiger partial charge in [0.05, 0.1) is 0 Å². The van der Waals surface area contributed by atoms with Gasteiger partial charge in [0, 0.05) is 6.21 Å². The second-order valence-electron chi connectivity index (χ2n) is 4.01. The maximum Gasteiger partial charge on any atom is 0.177 e. The highest BCUT2D eigenvalue weighted by atomic mass is 15.4. The van der Waals surface area contributed by atoms with Crippen LogP contribution in [0.3, 0.4) is 0 Å². The standard InChI is InChI=1S/C14H12N6/c1-2-5-12(6-3-1)7-4-10-15-17-13-8-9-14-18-16-11-20(14)19-13/h1-11H,(H,17,19)/b7-4+,15-10-. The highest BCUT2D eigenvalue weighted by Gasteiger charge is 1.96. The molecule has 0 fully saturated rings. The maximum atomic E-state index is 4.23. The lowest BCUT2D eigenvalue weighted by Gasteiger charge is -1.97. The van der Waals surface area contributed by atoms with E-state index < -0.39 is 0 Å². The van der Waals surface area contributed by atoms with Crippen molar-refractivity contribution in [2.75, 3.05) is 5.43 Å². The number of benzene rings is 1. The Morgan fingerprint density at radius 3 is 2.90 bits per heavy atom. The average Bonchev–Trinajstić information content (AvgIpc) is 2.95. The Kier molecular flexibility index (Phi) is 3.46. The number of anilines is 1. The summed E-state index contributed by atoms with van der Waals surface area (Å²) in [6.07, 6.45) is 7.05. The molecular weight excluding hydrogens is 252 g/mol. The van der Waals surface area contributed by atoms with Gasteiger partial charge in [-0.3, -0.25) is 5.43 Å². The zero-order valence-electron chi connectivity index (χ0n) is 10.6. The van der Waals surface area contributed by atoms with Crippen molar-refractivity contribution in [2.24, 2.45) is 5.10 Å². The molecule has 3 rings (SSSR count). The van der Waals surface area contributed by atoms with Crippen LogP contribution in [-0.4, -0.2) is 26.0 Å². The van der Waals surface area contributed by atoms with Crippen molar-refractivity contribution in [3.05, 3.63) is 60.4 Å². The van der Waals surface area contributed by atoms with Crippen LogP contribution in [0.4, 0.5) is 5.82 Å². The minimum atomic E-state index is 0.627. The molecule has 1 N–H and O–H groups in total. The fourth-order valence-electron chi connectivity index (χ4n) is 1.65. The smallest absolute Gasteiger partial charge is 0.177 e. The van der Waals surface area contributed by atoms with E-state index in [2.05, 4.69) is 25.8 Å². The zero-order valence-corrected chi connectivity index (χ0v) is 10.6. The minimum absolute atomic E-state index is 0.627. The third-order valence-corrected chi connectivity index (χ3v) is 2.59. The van der Waals surface area contributed by atoms with Gasteiger partial charge in [-0.1, -0.05) is 36.4 Å². The molecular formula is C14H12N6. The molecule has 0 aliphatic heterocycles. The third-order valence-electron chi connectivity index (χ3n) is 2.59. The summed E-state index contributed by atoms with van der Waals surface area (Å²) in [4.78, 5) is 0. The highest BCUT2D eigenvalue weighted by Crippen LogP contribution is 2.04. The topological polar surface area (TPSA) is 67.5 Å². The Morgan fingerprint density at radius 1 is 1.10 bits per heavy atom. The van der Waals surface area contributed by atoms with Crippen LogP contribution >= 0.6 is 0 Å². The second-order valence-corrected chi connectivity index (χ2v) is 4.01. The number of allylic oxidation sites excluding steroid dienone is 1. The van der Waals surface area contributed by atoms with Gasteiger partial charge in [0.15, 0.2) is 11.5 Å². The minimum Gasteiger partial charge on any atom is -0.260 e. The summed E-state index contributed by atoms with van der Waals surface area (Å²) >= 11 is 0. The van der Waals surface area contributed by atoms with Crippen LogP contribution in [0.1, 0.15) is 5.56 Å². The first-order valence-corrected chi connectivity index (χ1v) is 6.10. The molecule has 98 valence electrons. The summed E-state index contributed by atoms with van der Waals surface area (Å²) in [6.45, 7) is 0. The number of rotatable bonds is 4. The average molecular weight is 264 g/mol. The number of nitrogens with zero attached hydrogens (tertiary/aromatic N) is 5. The molecule has 0 saturated carbocycles. The van der Waals surface area contributed by atoms with Crippen molar-refractivity contribution in [3.8, 4) is 0 Å². The lowest BCUT2D eigenvalue weighted by molar-refractivity contribution is 0.925. The summed E-state index contributed by atoms with van der Waals surface area (Å²) in [5.41, 5.74) is 4.67. The van der Waals surface area contributed by atoms with E-state index in [-0.39, 0.29) is 0 Å². The van der Waals surface area contributed by atoms with E-state index in [4.69, 9.17) is 0 Å². The molecule has 0 aliphatic rings. The molecule has 0 atom stereocenters. The zero-order chi connectivity index (χ0) is 13.6. The van der Waals surface area contributed by atoms with Crippen molar-refractivity contribution in [1.82, 2.24) is 19.8 Å². The molecule has 1 aromatic carbocycles. The van der Waals surface area contributed by atoms with Crippen LogP contribution in [0, 0.1) is 0 Å². The van der Waals surface area contributed by atoms with Gasteiger partial charge in [-0.25, -0.2) is 0 Å². The Hall–Kier alpha value is -3.02. The molecule has 0 unspecified atom stereocenters. The number of hydrazone groups is 1. The second kappa shape index (κ2) is 5.75. The van der Waals surface area contributed by atoms with E-state index in [1.54, 1.807) is 23.1 Å². The molecule has 6 heteroatoms. The molecule has 0 spiro atoms. The fourth-order valence-corrected chi connectivity index (χ4v) is 1.65. The Bertz CT molecular complexity index is 744. The predicted molar refractivity (Wildman–Crippen MR) is 78.4 cm³/mol. The van der Waals surface area contributed by atoms with Gasteiger partial charge in [0.1, 0.15) is 6.33 Å². The number of nitrogens with one attached hydrogen (secondary N) is 1. The molecule has 6 nitrogen and oxygen atoms in total. The van der Waals surface area contributed by atoms with Crippen LogP contribution in [0.25, 0.3) is 11.7 Å². The largest absolute Gasteiger partial charge is 0.260 e. The van der Waals surface area contributed by atoms with E-state index in [1.807, 2.05) is 48.6 Å². The van der Waals surface area contributed by atoms with Crippen molar-refractivity contribution in [3.63, 3.8) is 0 Å². The van der Waals surface area contributed by atoms with E-state index in [0.29, 0.717) is 11.5 Å². The molecule has 0 amide bonds. The molecule has 0 radical (unpaired) electrons. The summed E-state index contributed by atoms with van der Waals surface area (Å²) in [5.74, 6) is 0.627. The third kappa shape index (κ3) is 2.86. The first kappa shape index (κ1) is 12.0. The van der Waals surface area contributed by atoms with Crippen LogP contribution < -0.4 is 5.43 Å². The maximum absolute atomic E-state index is 4.23. The van der Waals surface area contributed by atoms with E-state index in [1.165, 1.54) is 0 Å². The number of hydrogen-bond acceptors (Lipinski definition) is 5. The lowest BCUT2D eigenvalue weighted by Crippen LogP contribution is -1.97. The monoisotopic (exact) mass is 264 g/mol. The fraction of sp³-hybridized carbons (Fsp3) is 0. The Labute approximate surface area is 115 Å². The Morgan fingerprint density at radius 2 is 2.00 bits per heavy atom. The van der Waals surface area contributed by atoms with Crippen molar-refractivity contribution < 1.29 is 0 Å². The number of hydrogen-bond donors (Lipinski definition) is 1. The van der Waals surface area contributed by atoms with Crippen LogP contribution in [-0.2, 0) is 0 Å². The van der Waals surface area contributed by atoms with Gasteiger partial charge in [-0.2, -0.15) is 9.62 Å². The number of aromatic nitrogens is 4. The Balaban J connectivity index is 1.61. The van der Waals surface area contributed by atoms with Gasteiger partial charge in [0.25, 0.3) is 0 Å². The summed E-state index contributed by atoms with van der Waals surface area (Å²) in [5, 5.41) is 15.9. The van der Waals surface area contributed by atoms with E-state index >= 15 is 0 Å². The number of fused-ring (bicyclic) bond motifs is 1. The van der Waals surface area contributed by atoms with E-state index in [0.717, 1.165) is 5.56 Å². The van der Waals surface area contributed by atoms with Crippen molar-refractivity contribution in [2.45, 2.75) is 0 Å². The van der Waals surface area contributed by atoms with Gasteiger partial charge in [-0.05, 0) is 23.8 Å². The highest BCUT2D eigenvalue weighted by molar-refractivity contribution is 5.78. The van der Waals surface area contributed by atoms with Crippen molar-refractivity contribution in [1.29, 1.82) is 0 Å². The SMILES string of the molecule is C(/C=C/c1ccccc1)=N/Nc1ccc2nncn2n1. The van der Waals surface area contributed by atoms with Gasteiger partial charge < -0.3 is 0 Å². The lowest BCUT2D eigenvalue weighted by atomic mass is 10.2. The normalized spacial score (nSPS) is 11.6. The molecule has 0 saturated heterocycles. The van der Waals surface area contributed by atoms with Crippen LogP contribution in [0.15, 0.2) is 60.0 Å². The molecule has 2 heterocycles. The quantitative estimate of drug-likeness (QED) is 0.579. The predicted octanol–water partition coefficient (Wildman–Crippen LogP) is 2.24. The first-order chi connectivity index (χ1) is 9.92. The van der Waals surface area contributed by atoms with Gasteiger partial charge in [-0.15, -0.1) is 15.3 Å². The molecule has 0 aliphatic carbocycles. The molecule has 20 heavy (non-hydrogen) atoms. The van der Waals surface area contributed by atoms with Gasteiger partial charge in [0.2, 0.25) is 0 Å². The molecule has 0 bridgehead atoms. The van der Waals surface area contributed by atoms with Crippen LogP contribution in [0.2, 0.25) is 0 Å². The van der Waals surface area contributed by atoms with Gasteiger partial charge >= 0.3 is 0 Å². The summed E-state index contributed by atoms with van der Waals surface area (Å²) in [6, 6.07) is 13.6. The van der Waals surface area contributed by atoms with E-state index in [9.17, 15) is 0 Å².